The number of fused-ring (bicyclic) bond motifs is 1. The fourth-order valence-electron chi connectivity index (χ4n) is 4.76. The SMILES string of the molecule is CC1C(CSc2nc3ccccc3s2)OC(c2cccc(NC(=O)CCCC(=O)O)c2)OC1c1ccc(CO)cc1. The molecule has 214 valence electrons. The molecular weight excluding hydrogens is 560 g/mol. The summed E-state index contributed by atoms with van der Waals surface area (Å²) in [6.07, 6.45) is -0.718. The highest BCUT2D eigenvalue weighted by atomic mass is 32.2. The van der Waals surface area contributed by atoms with E-state index in [2.05, 4.69) is 18.3 Å². The van der Waals surface area contributed by atoms with E-state index in [1.54, 1.807) is 29.2 Å². The van der Waals surface area contributed by atoms with Crippen LogP contribution in [0.25, 0.3) is 10.2 Å². The molecule has 0 radical (unpaired) electrons. The van der Waals surface area contributed by atoms with Gasteiger partial charge in [-0.05, 0) is 41.8 Å². The van der Waals surface area contributed by atoms with E-state index in [1.165, 1.54) is 0 Å². The van der Waals surface area contributed by atoms with E-state index in [1.807, 2.05) is 60.7 Å². The van der Waals surface area contributed by atoms with Crippen molar-refractivity contribution in [1.29, 1.82) is 0 Å². The number of carbonyl (C=O) groups is 2. The number of ether oxygens (including phenoxy) is 2. The minimum Gasteiger partial charge on any atom is -0.481 e. The fourth-order valence-corrected chi connectivity index (χ4v) is 7.02. The Morgan fingerprint density at radius 1 is 1.00 bits per heavy atom. The van der Waals surface area contributed by atoms with Crippen molar-refractivity contribution in [2.24, 2.45) is 5.92 Å². The van der Waals surface area contributed by atoms with E-state index in [0.29, 0.717) is 11.4 Å². The second-order valence-corrected chi connectivity index (χ2v) is 12.3. The van der Waals surface area contributed by atoms with Crippen LogP contribution in [0.2, 0.25) is 0 Å². The van der Waals surface area contributed by atoms with Gasteiger partial charge in [0.05, 0.1) is 29.0 Å². The Hall–Kier alpha value is -3.28. The highest BCUT2D eigenvalue weighted by Gasteiger charge is 2.38. The highest BCUT2D eigenvalue weighted by molar-refractivity contribution is 8.01. The smallest absolute Gasteiger partial charge is 0.303 e. The highest BCUT2D eigenvalue weighted by Crippen LogP contribution is 2.43. The van der Waals surface area contributed by atoms with Gasteiger partial charge in [0.15, 0.2) is 10.6 Å². The number of para-hydroxylation sites is 1. The first kappa shape index (κ1) is 29.2. The average molecular weight is 593 g/mol. The predicted molar refractivity (Wildman–Crippen MR) is 160 cm³/mol. The van der Waals surface area contributed by atoms with Gasteiger partial charge in [-0.15, -0.1) is 11.3 Å². The zero-order valence-corrected chi connectivity index (χ0v) is 24.2. The van der Waals surface area contributed by atoms with Crippen LogP contribution in [0.3, 0.4) is 0 Å². The zero-order valence-electron chi connectivity index (χ0n) is 22.6. The lowest BCUT2D eigenvalue weighted by Gasteiger charge is -2.41. The van der Waals surface area contributed by atoms with E-state index in [-0.39, 0.29) is 49.9 Å². The molecule has 10 heteroatoms. The molecule has 4 atom stereocenters. The van der Waals surface area contributed by atoms with Crippen molar-refractivity contribution in [1.82, 2.24) is 4.98 Å². The molecule has 8 nitrogen and oxygen atoms in total. The van der Waals surface area contributed by atoms with Crippen LogP contribution in [-0.2, 0) is 25.7 Å². The second-order valence-electron chi connectivity index (χ2n) is 10.0. The number of thioether (sulfide) groups is 1. The minimum absolute atomic E-state index is 0.0245. The largest absolute Gasteiger partial charge is 0.481 e. The number of carbonyl (C=O) groups excluding carboxylic acids is 1. The first-order valence-electron chi connectivity index (χ1n) is 13.5. The molecule has 4 aromatic rings. The Kier molecular flexibility index (Phi) is 9.68. The summed E-state index contributed by atoms with van der Waals surface area (Å²) >= 11 is 3.34. The Morgan fingerprint density at radius 3 is 2.56 bits per heavy atom. The third-order valence-electron chi connectivity index (χ3n) is 7.01. The molecule has 0 aliphatic carbocycles. The molecule has 1 aromatic heterocycles. The van der Waals surface area contributed by atoms with Crippen LogP contribution >= 0.6 is 23.1 Å². The number of nitrogens with zero attached hydrogens (tertiary/aromatic N) is 1. The number of carboxylic acids is 1. The number of hydrogen-bond acceptors (Lipinski definition) is 8. The maximum atomic E-state index is 12.4. The van der Waals surface area contributed by atoms with Gasteiger partial charge < -0.3 is 25.0 Å². The third-order valence-corrected chi connectivity index (χ3v) is 9.27. The van der Waals surface area contributed by atoms with Crippen LogP contribution in [0, 0.1) is 5.92 Å². The monoisotopic (exact) mass is 592 g/mol. The third kappa shape index (κ3) is 7.52. The summed E-state index contributed by atoms with van der Waals surface area (Å²) in [7, 11) is 0. The lowest BCUT2D eigenvalue weighted by Crippen LogP contribution is -2.38. The topological polar surface area (TPSA) is 118 Å². The number of rotatable bonds is 11. The van der Waals surface area contributed by atoms with Gasteiger partial charge in [0, 0.05) is 35.8 Å². The van der Waals surface area contributed by atoms with E-state index >= 15 is 0 Å². The van der Waals surface area contributed by atoms with Gasteiger partial charge in [0.25, 0.3) is 0 Å². The number of amides is 1. The Bertz CT molecular complexity index is 1460. The number of aliphatic hydroxyl groups is 1. The molecule has 5 rings (SSSR count). The fraction of sp³-hybridized carbons (Fsp3) is 0.323. The standard InChI is InChI=1S/C31H32N2O6S2/c1-19-25(18-40-31-33-24-8-2-3-9-26(24)41-31)38-30(39-29(19)21-14-12-20(17-34)13-15-21)22-6-4-7-23(16-22)32-27(35)10-5-11-28(36)37/h2-4,6-9,12-16,19,25,29-30,34H,5,10-11,17-18H2,1H3,(H,32,35)(H,36,37). The van der Waals surface area contributed by atoms with Crippen LogP contribution in [0.5, 0.6) is 0 Å². The van der Waals surface area contributed by atoms with E-state index in [4.69, 9.17) is 19.6 Å². The molecular formula is C31H32N2O6S2. The number of carboxylic acid groups (broad SMARTS) is 1. The van der Waals surface area contributed by atoms with Crippen LogP contribution in [0.4, 0.5) is 5.69 Å². The summed E-state index contributed by atoms with van der Waals surface area (Å²) in [6, 6.07) is 23.2. The van der Waals surface area contributed by atoms with Gasteiger partial charge in [-0.3, -0.25) is 9.59 Å². The molecule has 1 saturated heterocycles. The van der Waals surface area contributed by atoms with Gasteiger partial charge in [0.2, 0.25) is 5.91 Å². The first-order chi connectivity index (χ1) is 19.9. The normalized spacial score (nSPS) is 20.6. The van der Waals surface area contributed by atoms with Crippen molar-refractivity contribution in [2.75, 3.05) is 11.1 Å². The van der Waals surface area contributed by atoms with Gasteiger partial charge in [-0.1, -0.05) is 67.2 Å². The van der Waals surface area contributed by atoms with Crippen molar-refractivity contribution < 1.29 is 29.3 Å². The summed E-state index contributed by atoms with van der Waals surface area (Å²) in [4.78, 5) is 27.9. The number of nitrogens with one attached hydrogen (secondary N) is 1. The summed E-state index contributed by atoms with van der Waals surface area (Å²) in [5.74, 6) is -0.441. The lowest BCUT2D eigenvalue weighted by molar-refractivity contribution is -0.268. The number of aliphatic hydroxyl groups excluding tert-OH is 1. The summed E-state index contributed by atoms with van der Waals surface area (Å²) in [5, 5.41) is 21.2. The Morgan fingerprint density at radius 2 is 1.80 bits per heavy atom. The molecule has 41 heavy (non-hydrogen) atoms. The molecule has 4 unspecified atom stereocenters. The maximum Gasteiger partial charge on any atom is 0.303 e. The lowest BCUT2D eigenvalue weighted by atomic mass is 9.91. The van der Waals surface area contributed by atoms with Crippen LogP contribution in [0.15, 0.2) is 77.1 Å². The Balaban J connectivity index is 1.34. The molecule has 0 spiro atoms. The van der Waals surface area contributed by atoms with Crippen LogP contribution < -0.4 is 5.32 Å². The molecule has 1 aliphatic rings. The average Bonchev–Trinajstić information content (AvgIpc) is 3.40. The molecule has 0 saturated carbocycles. The summed E-state index contributed by atoms with van der Waals surface area (Å²) in [6.45, 7) is 2.10. The minimum atomic E-state index is -0.919. The molecule has 3 aromatic carbocycles. The number of aromatic nitrogens is 1. The molecule has 1 amide bonds. The molecule has 3 N–H and O–H groups in total. The van der Waals surface area contributed by atoms with Crippen LogP contribution in [0.1, 0.15) is 55.3 Å². The van der Waals surface area contributed by atoms with Crippen molar-refractivity contribution in [3.63, 3.8) is 0 Å². The van der Waals surface area contributed by atoms with Gasteiger partial charge >= 0.3 is 5.97 Å². The molecule has 1 fully saturated rings. The quantitative estimate of drug-likeness (QED) is 0.168. The van der Waals surface area contributed by atoms with Gasteiger partial charge in [0.1, 0.15) is 0 Å². The Labute approximate surface area is 246 Å². The van der Waals surface area contributed by atoms with Crippen molar-refractivity contribution >= 4 is 50.9 Å². The number of hydrogen-bond donors (Lipinski definition) is 3. The number of thiazole rings is 1. The summed E-state index contributed by atoms with van der Waals surface area (Å²) < 4.78 is 15.2. The number of anilines is 1. The summed E-state index contributed by atoms with van der Waals surface area (Å²) in [5.41, 5.74) is 4.19. The molecule has 0 bridgehead atoms. The van der Waals surface area contributed by atoms with E-state index in [0.717, 1.165) is 31.2 Å². The van der Waals surface area contributed by atoms with E-state index < -0.39 is 12.3 Å². The number of aliphatic carboxylic acids is 1. The van der Waals surface area contributed by atoms with Gasteiger partial charge in [-0.25, -0.2) is 4.98 Å². The van der Waals surface area contributed by atoms with E-state index in [9.17, 15) is 14.7 Å². The van der Waals surface area contributed by atoms with Gasteiger partial charge in [-0.2, -0.15) is 0 Å². The molecule has 2 heterocycles. The number of benzene rings is 3. The molecule has 1 aliphatic heterocycles. The maximum absolute atomic E-state index is 12.4. The van der Waals surface area contributed by atoms with Crippen molar-refractivity contribution in [3.8, 4) is 0 Å². The van der Waals surface area contributed by atoms with Crippen molar-refractivity contribution in [3.05, 3.63) is 89.5 Å². The van der Waals surface area contributed by atoms with Crippen molar-refractivity contribution in [2.45, 2.75) is 55.6 Å². The van der Waals surface area contributed by atoms with Crippen LogP contribution in [-0.4, -0.2) is 38.9 Å². The first-order valence-corrected chi connectivity index (χ1v) is 15.3. The predicted octanol–water partition coefficient (Wildman–Crippen LogP) is 6.57. The second kappa shape index (κ2) is 13.6. The zero-order chi connectivity index (χ0) is 28.8.